The van der Waals surface area contributed by atoms with Crippen LogP contribution in [-0.4, -0.2) is 4.98 Å². The Morgan fingerprint density at radius 2 is 2.14 bits per heavy atom. The summed E-state index contributed by atoms with van der Waals surface area (Å²) in [7, 11) is 0. The second kappa shape index (κ2) is 3.97. The van der Waals surface area contributed by atoms with Crippen LogP contribution < -0.4 is 0 Å². The fraction of sp³-hybridized carbons (Fsp3) is 0.250. The lowest BCUT2D eigenvalue weighted by Gasteiger charge is -2.01. The van der Waals surface area contributed by atoms with Crippen molar-refractivity contribution in [3.63, 3.8) is 0 Å². The number of hydrogen-bond donors (Lipinski definition) is 0. The molecule has 1 heterocycles. The molecular weight excluding hydrogens is 194 g/mol. The van der Waals surface area contributed by atoms with Crippen LogP contribution in [0.2, 0.25) is 5.02 Å². The van der Waals surface area contributed by atoms with E-state index in [0.717, 1.165) is 23.4 Å². The van der Waals surface area contributed by atoms with Gasteiger partial charge in [0.05, 0.1) is 5.52 Å². The highest BCUT2D eigenvalue weighted by atomic mass is 35.5. The number of hydrogen-bond acceptors (Lipinski definition) is 1. The lowest BCUT2D eigenvalue weighted by molar-refractivity contribution is 0.917. The first kappa shape index (κ1) is 9.47. The van der Waals surface area contributed by atoms with Crippen molar-refractivity contribution >= 4 is 22.5 Å². The summed E-state index contributed by atoms with van der Waals surface area (Å²) < 4.78 is 0. The predicted octanol–water partition coefficient (Wildman–Crippen LogP) is 3.84. The zero-order valence-corrected chi connectivity index (χ0v) is 8.88. The van der Waals surface area contributed by atoms with E-state index < -0.39 is 0 Å². The van der Waals surface area contributed by atoms with Crippen molar-refractivity contribution in [2.75, 3.05) is 0 Å². The Kier molecular flexibility index (Phi) is 2.69. The van der Waals surface area contributed by atoms with Gasteiger partial charge in [-0.1, -0.05) is 31.0 Å². The van der Waals surface area contributed by atoms with Crippen molar-refractivity contribution in [1.82, 2.24) is 4.98 Å². The molecule has 2 heteroatoms. The van der Waals surface area contributed by atoms with Gasteiger partial charge < -0.3 is 0 Å². The maximum Gasteiger partial charge on any atom is 0.0716 e. The van der Waals surface area contributed by atoms with E-state index >= 15 is 0 Å². The number of fused-ring (bicyclic) bond motifs is 1. The van der Waals surface area contributed by atoms with Gasteiger partial charge in [0.15, 0.2) is 0 Å². The van der Waals surface area contributed by atoms with Crippen LogP contribution in [0.15, 0.2) is 30.5 Å². The quantitative estimate of drug-likeness (QED) is 0.726. The zero-order valence-electron chi connectivity index (χ0n) is 8.13. The Labute approximate surface area is 88.7 Å². The molecule has 0 radical (unpaired) electrons. The SMILES string of the molecule is CCCc1cnc2cc(Cl)ccc2c1. The number of aromatic nitrogens is 1. The molecule has 72 valence electrons. The molecule has 0 amide bonds. The molecule has 0 atom stereocenters. The van der Waals surface area contributed by atoms with Gasteiger partial charge in [-0.25, -0.2) is 0 Å². The minimum absolute atomic E-state index is 0.744. The summed E-state index contributed by atoms with van der Waals surface area (Å²) in [6.07, 6.45) is 4.18. The molecule has 0 spiro atoms. The number of nitrogens with zero attached hydrogens (tertiary/aromatic N) is 1. The van der Waals surface area contributed by atoms with Gasteiger partial charge in [-0.15, -0.1) is 0 Å². The summed E-state index contributed by atoms with van der Waals surface area (Å²) >= 11 is 5.88. The highest BCUT2D eigenvalue weighted by Gasteiger charge is 1.97. The molecule has 0 aliphatic rings. The first-order valence-electron chi connectivity index (χ1n) is 4.84. The molecule has 1 aromatic heterocycles. The van der Waals surface area contributed by atoms with Gasteiger partial charge >= 0.3 is 0 Å². The fourth-order valence-corrected chi connectivity index (χ4v) is 1.73. The van der Waals surface area contributed by atoms with Crippen molar-refractivity contribution in [2.45, 2.75) is 19.8 Å². The van der Waals surface area contributed by atoms with Crippen LogP contribution in [0.3, 0.4) is 0 Å². The number of aryl methyl sites for hydroxylation is 1. The van der Waals surface area contributed by atoms with Crippen LogP contribution in [0.5, 0.6) is 0 Å². The first-order chi connectivity index (χ1) is 6.79. The molecular formula is C12H12ClN. The highest BCUT2D eigenvalue weighted by molar-refractivity contribution is 6.31. The third-order valence-electron chi connectivity index (χ3n) is 2.24. The van der Waals surface area contributed by atoms with Gasteiger partial charge in [-0.2, -0.15) is 0 Å². The van der Waals surface area contributed by atoms with E-state index in [9.17, 15) is 0 Å². The van der Waals surface area contributed by atoms with Crippen LogP contribution >= 0.6 is 11.6 Å². The molecule has 0 saturated carbocycles. The maximum absolute atomic E-state index is 5.88. The van der Waals surface area contributed by atoms with Gasteiger partial charge in [0.1, 0.15) is 0 Å². The number of halogens is 1. The minimum atomic E-state index is 0.744. The smallest absolute Gasteiger partial charge is 0.0716 e. The summed E-state index contributed by atoms with van der Waals surface area (Å²) in [5.74, 6) is 0. The van der Waals surface area contributed by atoms with Gasteiger partial charge in [0.2, 0.25) is 0 Å². The summed E-state index contributed by atoms with van der Waals surface area (Å²) in [6.45, 7) is 2.17. The molecule has 0 aliphatic heterocycles. The van der Waals surface area contributed by atoms with E-state index in [1.807, 2.05) is 24.4 Å². The Balaban J connectivity index is 2.50. The van der Waals surface area contributed by atoms with E-state index in [-0.39, 0.29) is 0 Å². The lowest BCUT2D eigenvalue weighted by atomic mass is 10.1. The third kappa shape index (κ3) is 1.88. The number of rotatable bonds is 2. The standard InChI is InChI=1S/C12H12ClN/c1-2-3-9-6-10-4-5-11(13)7-12(10)14-8-9/h4-8H,2-3H2,1H3. The van der Waals surface area contributed by atoms with Crippen LogP contribution in [0.1, 0.15) is 18.9 Å². The van der Waals surface area contributed by atoms with Crippen LogP contribution in [0, 0.1) is 0 Å². The zero-order chi connectivity index (χ0) is 9.97. The minimum Gasteiger partial charge on any atom is -0.256 e. The second-order valence-electron chi connectivity index (χ2n) is 3.43. The first-order valence-corrected chi connectivity index (χ1v) is 5.21. The molecule has 14 heavy (non-hydrogen) atoms. The molecule has 0 aliphatic carbocycles. The van der Waals surface area contributed by atoms with E-state index in [0.29, 0.717) is 0 Å². The number of pyridine rings is 1. The summed E-state index contributed by atoms with van der Waals surface area (Å²) in [5.41, 5.74) is 2.26. The Morgan fingerprint density at radius 3 is 2.93 bits per heavy atom. The van der Waals surface area contributed by atoms with E-state index in [1.54, 1.807) is 0 Å². The lowest BCUT2D eigenvalue weighted by Crippen LogP contribution is -1.86. The molecule has 0 saturated heterocycles. The Hall–Kier alpha value is -1.08. The average Bonchev–Trinajstić information content (AvgIpc) is 2.19. The van der Waals surface area contributed by atoms with E-state index in [2.05, 4.69) is 18.0 Å². The van der Waals surface area contributed by atoms with Crippen molar-refractivity contribution in [2.24, 2.45) is 0 Å². The van der Waals surface area contributed by atoms with Crippen molar-refractivity contribution in [1.29, 1.82) is 0 Å². The summed E-state index contributed by atoms with van der Waals surface area (Å²) in [4.78, 5) is 4.38. The van der Waals surface area contributed by atoms with Crippen molar-refractivity contribution in [3.8, 4) is 0 Å². The Bertz CT molecular complexity index is 451. The summed E-state index contributed by atoms with van der Waals surface area (Å²) in [6, 6.07) is 8.00. The second-order valence-corrected chi connectivity index (χ2v) is 3.87. The molecule has 2 rings (SSSR count). The molecule has 1 nitrogen and oxygen atoms in total. The van der Waals surface area contributed by atoms with Gasteiger partial charge in [-0.05, 0) is 30.2 Å². The molecule has 2 aromatic rings. The monoisotopic (exact) mass is 205 g/mol. The van der Waals surface area contributed by atoms with Gasteiger partial charge in [0, 0.05) is 16.6 Å². The van der Waals surface area contributed by atoms with Gasteiger partial charge in [-0.3, -0.25) is 4.98 Å². The van der Waals surface area contributed by atoms with Crippen LogP contribution in [0.25, 0.3) is 10.9 Å². The predicted molar refractivity (Wildman–Crippen MR) is 60.7 cm³/mol. The summed E-state index contributed by atoms with van der Waals surface area (Å²) in [5, 5.41) is 1.91. The molecule has 0 bridgehead atoms. The molecule has 1 aromatic carbocycles. The molecule has 0 unspecified atom stereocenters. The van der Waals surface area contributed by atoms with Crippen LogP contribution in [0.4, 0.5) is 0 Å². The normalized spacial score (nSPS) is 10.7. The topological polar surface area (TPSA) is 12.9 Å². The average molecular weight is 206 g/mol. The largest absolute Gasteiger partial charge is 0.256 e. The van der Waals surface area contributed by atoms with E-state index in [4.69, 9.17) is 11.6 Å². The van der Waals surface area contributed by atoms with Crippen LogP contribution in [-0.2, 0) is 6.42 Å². The molecule has 0 N–H and O–H groups in total. The van der Waals surface area contributed by atoms with Crippen molar-refractivity contribution < 1.29 is 0 Å². The Morgan fingerprint density at radius 1 is 1.29 bits per heavy atom. The van der Waals surface area contributed by atoms with E-state index in [1.165, 1.54) is 10.9 Å². The number of benzene rings is 1. The third-order valence-corrected chi connectivity index (χ3v) is 2.48. The maximum atomic E-state index is 5.88. The van der Waals surface area contributed by atoms with Crippen molar-refractivity contribution in [3.05, 3.63) is 41.0 Å². The highest BCUT2D eigenvalue weighted by Crippen LogP contribution is 2.18. The molecule has 0 fully saturated rings. The fourth-order valence-electron chi connectivity index (χ4n) is 1.57. The van der Waals surface area contributed by atoms with Gasteiger partial charge in [0.25, 0.3) is 0 Å².